The fourth-order valence-electron chi connectivity index (χ4n) is 3.90. The highest BCUT2D eigenvalue weighted by Crippen LogP contribution is 2.30. The molecule has 2 N–H and O–H groups in total. The molecule has 3 heterocycles. The minimum absolute atomic E-state index is 0.0863. The van der Waals surface area contributed by atoms with E-state index in [1.165, 1.54) is 24.1 Å². The number of nitrogens with zero attached hydrogens (tertiary/aromatic N) is 4. The molecule has 9 nitrogen and oxygen atoms in total. The van der Waals surface area contributed by atoms with Gasteiger partial charge < -0.3 is 15.1 Å². The Balaban J connectivity index is 1.33. The Morgan fingerprint density at radius 3 is 2.78 bits per heavy atom. The SMILES string of the molecule is O=C(NC1CCCCNC1=O)c1coc(CSc2nnc(-c3ccccc3)n2-c2ccccc2F)n1. The van der Waals surface area contributed by atoms with E-state index in [0.717, 1.165) is 18.4 Å². The van der Waals surface area contributed by atoms with Gasteiger partial charge in [-0.25, -0.2) is 9.37 Å². The summed E-state index contributed by atoms with van der Waals surface area (Å²) in [4.78, 5) is 29.0. The Morgan fingerprint density at radius 2 is 1.94 bits per heavy atom. The Labute approximate surface area is 210 Å². The molecule has 1 unspecified atom stereocenters. The Bertz CT molecular complexity index is 1370. The first-order valence-electron chi connectivity index (χ1n) is 11.5. The van der Waals surface area contributed by atoms with Crippen molar-refractivity contribution in [1.29, 1.82) is 0 Å². The summed E-state index contributed by atoms with van der Waals surface area (Å²) in [5, 5.41) is 14.5. The van der Waals surface area contributed by atoms with Crippen LogP contribution in [0.25, 0.3) is 17.1 Å². The zero-order valence-corrected chi connectivity index (χ0v) is 20.0. The van der Waals surface area contributed by atoms with Crippen LogP contribution in [0.4, 0.5) is 4.39 Å². The third-order valence-electron chi connectivity index (χ3n) is 5.71. The van der Waals surface area contributed by atoms with Crippen molar-refractivity contribution in [2.24, 2.45) is 0 Å². The van der Waals surface area contributed by atoms with Crippen LogP contribution in [0.2, 0.25) is 0 Å². The predicted molar refractivity (Wildman–Crippen MR) is 131 cm³/mol. The van der Waals surface area contributed by atoms with E-state index < -0.39 is 17.8 Å². The number of rotatable bonds is 7. The number of carbonyl (C=O) groups is 2. The van der Waals surface area contributed by atoms with Gasteiger partial charge in [-0.05, 0) is 31.4 Å². The molecule has 36 heavy (non-hydrogen) atoms. The van der Waals surface area contributed by atoms with Gasteiger partial charge in [0, 0.05) is 12.1 Å². The largest absolute Gasteiger partial charge is 0.447 e. The fourth-order valence-corrected chi connectivity index (χ4v) is 4.70. The topological polar surface area (TPSA) is 115 Å². The number of hydrogen-bond donors (Lipinski definition) is 2. The minimum atomic E-state index is -0.592. The van der Waals surface area contributed by atoms with Crippen LogP contribution in [0, 0.1) is 5.82 Å². The molecule has 1 atom stereocenters. The van der Waals surface area contributed by atoms with Gasteiger partial charge in [-0.2, -0.15) is 0 Å². The summed E-state index contributed by atoms with van der Waals surface area (Å²) in [6.45, 7) is 0.611. The number of aromatic nitrogens is 4. The first kappa shape index (κ1) is 23.7. The van der Waals surface area contributed by atoms with E-state index >= 15 is 0 Å². The molecular weight excluding hydrogens is 483 g/mol. The molecule has 1 fully saturated rings. The van der Waals surface area contributed by atoms with Crippen LogP contribution < -0.4 is 10.6 Å². The number of halogens is 1. The van der Waals surface area contributed by atoms with Gasteiger partial charge in [0.1, 0.15) is 18.1 Å². The molecule has 2 aromatic carbocycles. The summed E-state index contributed by atoms with van der Waals surface area (Å²) < 4.78 is 21.9. The molecule has 0 saturated carbocycles. The molecule has 0 spiro atoms. The van der Waals surface area contributed by atoms with Crippen LogP contribution in [0.5, 0.6) is 0 Å². The second-order valence-electron chi connectivity index (χ2n) is 8.19. The number of carbonyl (C=O) groups excluding carboxylic acids is 2. The number of hydrogen-bond acceptors (Lipinski definition) is 7. The van der Waals surface area contributed by atoms with E-state index in [9.17, 15) is 14.0 Å². The summed E-state index contributed by atoms with van der Waals surface area (Å²) >= 11 is 1.25. The minimum Gasteiger partial charge on any atom is -0.447 e. The van der Waals surface area contributed by atoms with E-state index in [0.29, 0.717) is 35.5 Å². The first-order chi connectivity index (χ1) is 17.6. The third kappa shape index (κ3) is 5.15. The highest BCUT2D eigenvalue weighted by atomic mass is 32.2. The van der Waals surface area contributed by atoms with Crippen molar-refractivity contribution >= 4 is 23.6 Å². The zero-order valence-electron chi connectivity index (χ0n) is 19.2. The first-order valence-corrected chi connectivity index (χ1v) is 12.5. The van der Waals surface area contributed by atoms with Crippen molar-refractivity contribution in [2.75, 3.05) is 6.54 Å². The van der Waals surface area contributed by atoms with E-state index in [4.69, 9.17) is 4.42 Å². The molecule has 1 saturated heterocycles. The highest BCUT2D eigenvalue weighted by Gasteiger charge is 2.25. The Morgan fingerprint density at radius 1 is 1.14 bits per heavy atom. The lowest BCUT2D eigenvalue weighted by Gasteiger charge is -2.13. The van der Waals surface area contributed by atoms with Crippen molar-refractivity contribution < 1.29 is 18.4 Å². The number of para-hydroxylation sites is 1. The third-order valence-corrected chi connectivity index (χ3v) is 6.62. The van der Waals surface area contributed by atoms with Gasteiger partial charge in [0.2, 0.25) is 11.8 Å². The molecule has 2 aromatic heterocycles. The lowest BCUT2D eigenvalue weighted by atomic mass is 10.1. The van der Waals surface area contributed by atoms with Crippen LogP contribution in [-0.2, 0) is 10.5 Å². The highest BCUT2D eigenvalue weighted by molar-refractivity contribution is 7.98. The average molecular weight is 507 g/mol. The summed E-state index contributed by atoms with van der Waals surface area (Å²) in [6, 6.07) is 15.2. The lowest BCUT2D eigenvalue weighted by Crippen LogP contribution is -2.45. The van der Waals surface area contributed by atoms with E-state index in [2.05, 4.69) is 25.8 Å². The fraction of sp³-hybridized carbons (Fsp3) is 0.240. The van der Waals surface area contributed by atoms with Crippen molar-refractivity contribution in [3.8, 4) is 17.1 Å². The van der Waals surface area contributed by atoms with Crippen LogP contribution in [0.3, 0.4) is 0 Å². The normalized spacial score (nSPS) is 15.8. The van der Waals surface area contributed by atoms with Crippen LogP contribution in [0.15, 0.2) is 70.4 Å². The number of benzene rings is 2. The van der Waals surface area contributed by atoms with Crippen molar-refractivity contribution in [2.45, 2.75) is 36.2 Å². The maximum absolute atomic E-state index is 14.7. The monoisotopic (exact) mass is 506 g/mol. The molecular formula is C25H23FN6O3S. The molecule has 184 valence electrons. The molecule has 1 aliphatic rings. The van der Waals surface area contributed by atoms with Crippen LogP contribution >= 0.6 is 11.8 Å². The van der Waals surface area contributed by atoms with Gasteiger partial charge >= 0.3 is 0 Å². The summed E-state index contributed by atoms with van der Waals surface area (Å²) in [5.74, 6) is -0.0515. The van der Waals surface area contributed by atoms with Crippen molar-refractivity contribution in [1.82, 2.24) is 30.4 Å². The summed E-state index contributed by atoms with van der Waals surface area (Å²) in [7, 11) is 0. The maximum Gasteiger partial charge on any atom is 0.273 e. The average Bonchev–Trinajstić information content (AvgIpc) is 3.49. The number of amides is 2. The molecule has 1 aliphatic heterocycles. The van der Waals surface area contributed by atoms with Gasteiger partial charge in [-0.15, -0.1) is 10.2 Å². The second-order valence-corrected chi connectivity index (χ2v) is 9.13. The molecule has 2 amide bonds. The van der Waals surface area contributed by atoms with Crippen LogP contribution in [-0.4, -0.2) is 44.1 Å². The quantitative estimate of drug-likeness (QED) is 0.367. The van der Waals surface area contributed by atoms with E-state index in [1.807, 2.05) is 30.3 Å². The Kier molecular flexibility index (Phi) is 7.08. The van der Waals surface area contributed by atoms with Gasteiger partial charge in [-0.3, -0.25) is 14.2 Å². The summed E-state index contributed by atoms with van der Waals surface area (Å²) in [6.07, 6.45) is 3.56. The molecule has 0 bridgehead atoms. The molecule has 5 rings (SSSR count). The van der Waals surface area contributed by atoms with E-state index in [-0.39, 0.29) is 17.4 Å². The zero-order chi connectivity index (χ0) is 24.9. The number of nitrogens with one attached hydrogen (secondary N) is 2. The standard InChI is InChI=1S/C25H23FN6O3S/c26-17-10-4-5-12-20(17)32-22(16-8-2-1-3-9-16)30-31-25(32)36-15-21-28-19(14-35-21)24(34)29-18-11-6-7-13-27-23(18)33/h1-5,8-10,12,14,18H,6-7,11,13,15H2,(H,27,33)(H,29,34). The summed E-state index contributed by atoms with van der Waals surface area (Å²) in [5.41, 5.74) is 1.19. The molecule has 0 aliphatic carbocycles. The maximum atomic E-state index is 14.7. The van der Waals surface area contributed by atoms with Crippen molar-refractivity contribution in [3.63, 3.8) is 0 Å². The number of oxazole rings is 1. The predicted octanol–water partition coefficient (Wildman–Crippen LogP) is 3.75. The van der Waals surface area contributed by atoms with Gasteiger partial charge in [0.05, 0.1) is 11.4 Å². The van der Waals surface area contributed by atoms with Crippen molar-refractivity contribution in [3.05, 3.63) is 78.3 Å². The second kappa shape index (κ2) is 10.7. The molecule has 11 heteroatoms. The van der Waals surface area contributed by atoms with Crippen LogP contribution in [0.1, 0.15) is 35.6 Å². The van der Waals surface area contributed by atoms with Gasteiger partial charge in [-0.1, -0.05) is 54.2 Å². The molecule has 4 aromatic rings. The van der Waals surface area contributed by atoms with Gasteiger partial charge in [0.25, 0.3) is 5.91 Å². The number of thioether (sulfide) groups is 1. The molecule has 0 radical (unpaired) electrons. The smallest absolute Gasteiger partial charge is 0.273 e. The van der Waals surface area contributed by atoms with Gasteiger partial charge in [0.15, 0.2) is 16.7 Å². The lowest BCUT2D eigenvalue weighted by molar-refractivity contribution is -0.122. The Hall–Kier alpha value is -3.99. The van der Waals surface area contributed by atoms with E-state index in [1.54, 1.807) is 22.8 Å².